The first-order chi connectivity index (χ1) is 8.69. The largest absolute Gasteiger partial charge is 0.354 e. The molecule has 0 radical (unpaired) electrons. The third-order valence-electron chi connectivity index (χ3n) is 4.09. The van der Waals surface area contributed by atoms with E-state index in [-0.39, 0.29) is 23.8 Å². The molecule has 2 fully saturated rings. The SMILES string of the molecule is NCC1CCCC(C(=O)NCC2CCC(=O)N2)C1. The van der Waals surface area contributed by atoms with Crippen LogP contribution in [-0.4, -0.2) is 30.9 Å². The van der Waals surface area contributed by atoms with Crippen molar-refractivity contribution in [2.24, 2.45) is 17.6 Å². The van der Waals surface area contributed by atoms with Crippen LogP contribution in [0.5, 0.6) is 0 Å². The van der Waals surface area contributed by atoms with Crippen LogP contribution in [0.2, 0.25) is 0 Å². The van der Waals surface area contributed by atoms with Crippen molar-refractivity contribution in [2.75, 3.05) is 13.1 Å². The summed E-state index contributed by atoms with van der Waals surface area (Å²) in [5.74, 6) is 0.842. The van der Waals surface area contributed by atoms with E-state index in [0.717, 1.165) is 32.1 Å². The van der Waals surface area contributed by atoms with Crippen LogP contribution in [0, 0.1) is 11.8 Å². The molecule has 1 heterocycles. The van der Waals surface area contributed by atoms with Crippen molar-refractivity contribution in [2.45, 2.75) is 44.6 Å². The van der Waals surface area contributed by atoms with Crippen molar-refractivity contribution in [1.82, 2.24) is 10.6 Å². The van der Waals surface area contributed by atoms with E-state index in [0.29, 0.717) is 25.4 Å². The highest BCUT2D eigenvalue weighted by molar-refractivity contribution is 5.80. The number of hydrogen-bond donors (Lipinski definition) is 3. The summed E-state index contributed by atoms with van der Waals surface area (Å²) < 4.78 is 0. The normalized spacial score (nSPS) is 32.1. The zero-order valence-electron chi connectivity index (χ0n) is 10.8. The average molecular weight is 253 g/mol. The number of hydrogen-bond acceptors (Lipinski definition) is 3. The van der Waals surface area contributed by atoms with Crippen LogP contribution in [0.3, 0.4) is 0 Å². The summed E-state index contributed by atoms with van der Waals surface area (Å²) in [4.78, 5) is 23.1. The Kier molecular flexibility index (Phi) is 4.58. The lowest BCUT2D eigenvalue weighted by molar-refractivity contribution is -0.126. The lowest BCUT2D eigenvalue weighted by Gasteiger charge is -2.27. The van der Waals surface area contributed by atoms with Gasteiger partial charge < -0.3 is 16.4 Å². The van der Waals surface area contributed by atoms with Gasteiger partial charge in [0, 0.05) is 24.9 Å². The van der Waals surface area contributed by atoms with E-state index < -0.39 is 0 Å². The summed E-state index contributed by atoms with van der Waals surface area (Å²) in [7, 11) is 0. The summed E-state index contributed by atoms with van der Waals surface area (Å²) >= 11 is 0. The highest BCUT2D eigenvalue weighted by atomic mass is 16.2. The van der Waals surface area contributed by atoms with E-state index >= 15 is 0 Å². The molecule has 5 heteroatoms. The van der Waals surface area contributed by atoms with Gasteiger partial charge in [0.1, 0.15) is 0 Å². The number of amides is 2. The van der Waals surface area contributed by atoms with Crippen LogP contribution < -0.4 is 16.4 Å². The molecule has 0 aromatic heterocycles. The smallest absolute Gasteiger partial charge is 0.223 e. The standard InChI is InChI=1S/C13H23N3O2/c14-7-9-2-1-3-10(6-9)13(18)15-8-11-4-5-12(17)16-11/h9-11H,1-8,14H2,(H,15,18)(H,16,17). The first-order valence-electron chi connectivity index (χ1n) is 6.96. The van der Waals surface area contributed by atoms with E-state index in [1.54, 1.807) is 0 Å². The van der Waals surface area contributed by atoms with Crippen LogP contribution in [0.25, 0.3) is 0 Å². The van der Waals surface area contributed by atoms with E-state index in [9.17, 15) is 9.59 Å². The second-order valence-corrected chi connectivity index (χ2v) is 5.51. The minimum absolute atomic E-state index is 0.0927. The quantitative estimate of drug-likeness (QED) is 0.666. The molecule has 0 aromatic carbocycles. The summed E-state index contributed by atoms with van der Waals surface area (Å²) in [6.07, 6.45) is 5.55. The molecule has 18 heavy (non-hydrogen) atoms. The van der Waals surface area contributed by atoms with Crippen LogP contribution >= 0.6 is 0 Å². The molecule has 0 aromatic rings. The van der Waals surface area contributed by atoms with Crippen LogP contribution in [0.1, 0.15) is 38.5 Å². The van der Waals surface area contributed by atoms with E-state index in [4.69, 9.17) is 5.73 Å². The van der Waals surface area contributed by atoms with Crippen LogP contribution in [-0.2, 0) is 9.59 Å². The van der Waals surface area contributed by atoms with Crippen LogP contribution in [0.15, 0.2) is 0 Å². The monoisotopic (exact) mass is 253 g/mol. The van der Waals surface area contributed by atoms with Crippen molar-refractivity contribution < 1.29 is 9.59 Å². The number of nitrogens with one attached hydrogen (secondary N) is 2. The molecule has 0 bridgehead atoms. The van der Waals surface area contributed by atoms with Crippen LogP contribution in [0.4, 0.5) is 0 Å². The van der Waals surface area contributed by atoms with Gasteiger partial charge in [-0.25, -0.2) is 0 Å². The molecular formula is C13H23N3O2. The zero-order valence-corrected chi connectivity index (χ0v) is 10.8. The third-order valence-corrected chi connectivity index (χ3v) is 4.09. The highest BCUT2D eigenvalue weighted by Gasteiger charge is 2.27. The number of carbonyl (C=O) groups excluding carboxylic acids is 2. The Labute approximate surface area is 108 Å². The fourth-order valence-corrected chi connectivity index (χ4v) is 2.94. The maximum Gasteiger partial charge on any atom is 0.223 e. The second kappa shape index (κ2) is 6.18. The summed E-state index contributed by atoms with van der Waals surface area (Å²) in [5.41, 5.74) is 5.68. The van der Waals surface area contributed by atoms with Gasteiger partial charge in [-0.1, -0.05) is 6.42 Å². The minimum atomic E-state index is 0.0927. The van der Waals surface area contributed by atoms with Gasteiger partial charge in [-0.2, -0.15) is 0 Å². The number of rotatable bonds is 4. The predicted octanol–water partition coefficient (Wildman–Crippen LogP) is 0.146. The molecule has 2 aliphatic rings. The van der Waals surface area contributed by atoms with Gasteiger partial charge in [-0.05, 0) is 38.1 Å². The molecule has 102 valence electrons. The minimum Gasteiger partial charge on any atom is -0.354 e. The van der Waals surface area contributed by atoms with Gasteiger partial charge in [-0.3, -0.25) is 9.59 Å². The molecule has 5 nitrogen and oxygen atoms in total. The Bertz CT molecular complexity index is 319. The maximum atomic E-state index is 12.0. The molecule has 2 amide bonds. The van der Waals surface area contributed by atoms with Crippen molar-refractivity contribution in [3.63, 3.8) is 0 Å². The van der Waals surface area contributed by atoms with E-state index in [2.05, 4.69) is 10.6 Å². The van der Waals surface area contributed by atoms with Gasteiger partial charge in [0.15, 0.2) is 0 Å². The molecule has 1 saturated heterocycles. The first kappa shape index (κ1) is 13.3. The Balaban J connectivity index is 1.72. The molecule has 0 spiro atoms. The molecule has 3 unspecified atom stereocenters. The lowest BCUT2D eigenvalue weighted by atomic mass is 9.81. The lowest BCUT2D eigenvalue weighted by Crippen LogP contribution is -2.42. The summed E-state index contributed by atoms with van der Waals surface area (Å²) in [5, 5.41) is 5.82. The molecule has 3 atom stereocenters. The van der Waals surface area contributed by atoms with Crippen molar-refractivity contribution in [3.05, 3.63) is 0 Å². The summed E-state index contributed by atoms with van der Waals surface area (Å²) in [6.45, 7) is 1.25. The molecule has 1 aliphatic carbocycles. The summed E-state index contributed by atoms with van der Waals surface area (Å²) in [6, 6.07) is 0.121. The predicted molar refractivity (Wildman–Crippen MR) is 68.7 cm³/mol. The molecule has 1 saturated carbocycles. The Hall–Kier alpha value is -1.10. The Morgan fingerprint density at radius 2 is 2.22 bits per heavy atom. The average Bonchev–Trinajstić information content (AvgIpc) is 2.82. The van der Waals surface area contributed by atoms with Crippen molar-refractivity contribution in [3.8, 4) is 0 Å². The maximum absolute atomic E-state index is 12.0. The first-order valence-corrected chi connectivity index (χ1v) is 6.96. The van der Waals surface area contributed by atoms with Gasteiger partial charge >= 0.3 is 0 Å². The number of carbonyl (C=O) groups is 2. The number of nitrogens with two attached hydrogens (primary N) is 1. The van der Waals surface area contributed by atoms with E-state index in [1.165, 1.54) is 0 Å². The Morgan fingerprint density at radius 1 is 1.39 bits per heavy atom. The van der Waals surface area contributed by atoms with Gasteiger partial charge in [0.25, 0.3) is 0 Å². The van der Waals surface area contributed by atoms with Crippen molar-refractivity contribution in [1.29, 1.82) is 0 Å². The van der Waals surface area contributed by atoms with Gasteiger partial charge in [-0.15, -0.1) is 0 Å². The van der Waals surface area contributed by atoms with Gasteiger partial charge in [0.05, 0.1) is 0 Å². The van der Waals surface area contributed by atoms with Crippen molar-refractivity contribution >= 4 is 11.8 Å². The topological polar surface area (TPSA) is 84.2 Å². The fraction of sp³-hybridized carbons (Fsp3) is 0.846. The second-order valence-electron chi connectivity index (χ2n) is 5.51. The third kappa shape index (κ3) is 3.45. The highest BCUT2D eigenvalue weighted by Crippen LogP contribution is 2.28. The molecule has 4 N–H and O–H groups in total. The molecule has 2 rings (SSSR count). The zero-order chi connectivity index (χ0) is 13.0. The fourth-order valence-electron chi connectivity index (χ4n) is 2.94. The van der Waals surface area contributed by atoms with Gasteiger partial charge in [0.2, 0.25) is 11.8 Å². The molecule has 1 aliphatic heterocycles. The molecular weight excluding hydrogens is 230 g/mol. The Morgan fingerprint density at radius 3 is 2.89 bits per heavy atom. The van der Waals surface area contributed by atoms with E-state index in [1.807, 2.05) is 0 Å².